The van der Waals surface area contributed by atoms with E-state index in [2.05, 4.69) is 6.07 Å². The second-order valence-corrected chi connectivity index (χ2v) is 4.99. The van der Waals surface area contributed by atoms with Crippen LogP contribution in [0, 0.1) is 13.8 Å². The maximum absolute atomic E-state index is 11.0. The molecule has 0 unspecified atom stereocenters. The fourth-order valence-electron chi connectivity index (χ4n) is 2.37. The van der Waals surface area contributed by atoms with Crippen LogP contribution in [0.15, 0.2) is 46.9 Å². The van der Waals surface area contributed by atoms with Crippen molar-refractivity contribution in [3.8, 4) is 11.3 Å². The molecule has 0 fully saturated rings. The van der Waals surface area contributed by atoms with E-state index >= 15 is 0 Å². The molecule has 0 radical (unpaired) electrons. The van der Waals surface area contributed by atoms with E-state index in [0.717, 1.165) is 27.9 Å². The zero-order valence-corrected chi connectivity index (χ0v) is 11.3. The number of carboxylic acids is 1. The van der Waals surface area contributed by atoms with Crippen LogP contribution in [-0.4, -0.2) is 11.1 Å². The molecule has 0 spiro atoms. The Kier molecular flexibility index (Phi) is 2.83. The average molecular weight is 266 g/mol. The van der Waals surface area contributed by atoms with E-state index < -0.39 is 5.97 Å². The number of carboxylic acid groups (broad SMARTS) is 1. The third-order valence-electron chi connectivity index (χ3n) is 3.41. The van der Waals surface area contributed by atoms with Crippen molar-refractivity contribution in [2.45, 2.75) is 13.8 Å². The van der Waals surface area contributed by atoms with Gasteiger partial charge in [0.25, 0.3) is 0 Å². The Labute approximate surface area is 116 Å². The molecule has 100 valence electrons. The van der Waals surface area contributed by atoms with Crippen LogP contribution < -0.4 is 0 Å². The van der Waals surface area contributed by atoms with Crippen LogP contribution in [0.25, 0.3) is 22.3 Å². The fraction of sp³-hybridized carbons (Fsp3) is 0.118. The molecular weight excluding hydrogens is 252 g/mol. The summed E-state index contributed by atoms with van der Waals surface area (Å²) in [5.41, 5.74) is 4.12. The number of benzene rings is 2. The van der Waals surface area contributed by atoms with E-state index in [1.807, 2.05) is 32.0 Å². The molecule has 0 aliphatic rings. The monoisotopic (exact) mass is 266 g/mol. The maximum atomic E-state index is 11.0. The van der Waals surface area contributed by atoms with E-state index in [4.69, 9.17) is 9.52 Å². The van der Waals surface area contributed by atoms with Gasteiger partial charge >= 0.3 is 5.97 Å². The van der Waals surface area contributed by atoms with Gasteiger partial charge in [-0.3, -0.25) is 0 Å². The van der Waals surface area contributed by atoms with Gasteiger partial charge in [-0.2, -0.15) is 0 Å². The molecule has 3 rings (SSSR count). The molecule has 20 heavy (non-hydrogen) atoms. The molecule has 1 N–H and O–H groups in total. The number of hydrogen-bond donors (Lipinski definition) is 1. The van der Waals surface area contributed by atoms with Crippen molar-refractivity contribution in [1.29, 1.82) is 0 Å². The predicted molar refractivity (Wildman–Crippen MR) is 78.1 cm³/mol. The Balaban J connectivity index is 2.13. The van der Waals surface area contributed by atoms with Gasteiger partial charge in [0.1, 0.15) is 11.3 Å². The molecule has 3 nitrogen and oxygen atoms in total. The number of hydrogen-bond acceptors (Lipinski definition) is 2. The first-order valence-electron chi connectivity index (χ1n) is 6.39. The van der Waals surface area contributed by atoms with Gasteiger partial charge in [-0.05, 0) is 49.7 Å². The molecule has 0 amide bonds. The predicted octanol–water partition coefficient (Wildman–Crippen LogP) is 4.41. The highest BCUT2D eigenvalue weighted by atomic mass is 16.4. The van der Waals surface area contributed by atoms with Crippen molar-refractivity contribution in [2.24, 2.45) is 0 Å². The van der Waals surface area contributed by atoms with Crippen molar-refractivity contribution >= 4 is 16.9 Å². The van der Waals surface area contributed by atoms with E-state index in [9.17, 15) is 4.79 Å². The normalized spacial score (nSPS) is 10.9. The van der Waals surface area contributed by atoms with Crippen LogP contribution >= 0.6 is 0 Å². The average Bonchev–Trinajstić information content (AvgIpc) is 2.80. The van der Waals surface area contributed by atoms with Gasteiger partial charge < -0.3 is 9.52 Å². The summed E-state index contributed by atoms with van der Waals surface area (Å²) in [7, 11) is 0. The van der Waals surface area contributed by atoms with Crippen molar-refractivity contribution in [2.75, 3.05) is 0 Å². The molecule has 0 bridgehead atoms. The SMILES string of the molecule is Cc1ccc2oc(-c3ccc(C(=O)O)cc3C)cc2c1. The largest absolute Gasteiger partial charge is 0.478 e. The standard InChI is InChI=1S/C17H14O3/c1-10-3-6-15-13(7-10)9-16(20-15)14-5-4-12(17(18)19)8-11(14)2/h3-9H,1-2H3,(H,18,19). The van der Waals surface area contributed by atoms with E-state index in [1.165, 1.54) is 5.56 Å². The molecule has 1 heterocycles. The smallest absolute Gasteiger partial charge is 0.335 e. The molecule has 2 aromatic carbocycles. The molecule has 0 saturated carbocycles. The number of aryl methyl sites for hydroxylation is 2. The third-order valence-corrected chi connectivity index (χ3v) is 3.41. The summed E-state index contributed by atoms with van der Waals surface area (Å²) in [5, 5.41) is 10.0. The van der Waals surface area contributed by atoms with Crippen LogP contribution in [-0.2, 0) is 0 Å². The topological polar surface area (TPSA) is 50.4 Å². The van der Waals surface area contributed by atoms with Crippen molar-refractivity contribution in [1.82, 2.24) is 0 Å². The lowest BCUT2D eigenvalue weighted by Gasteiger charge is -2.03. The summed E-state index contributed by atoms with van der Waals surface area (Å²) in [5.74, 6) is -0.153. The highest BCUT2D eigenvalue weighted by Crippen LogP contribution is 2.30. The molecular formula is C17H14O3. The molecule has 0 aliphatic carbocycles. The Morgan fingerprint density at radius 2 is 1.85 bits per heavy atom. The van der Waals surface area contributed by atoms with Crippen LogP contribution in [0.1, 0.15) is 21.5 Å². The summed E-state index contributed by atoms with van der Waals surface area (Å²) in [6.45, 7) is 3.93. The number of aromatic carboxylic acids is 1. The van der Waals surface area contributed by atoms with Gasteiger partial charge in [-0.25, -0.2) is 4.79 Å². The number of rotatable bonds is 2. The van der Waals surface area contributed by atoms with Crippen LogP contribution in [0.2, 0.25) is 0 Å². The highest BCUT2D eigenvalue weighted by Gasteiger charge is 2.11. The van der Waals surface area contributed by atoms with Crippen LogP contribution in [0.3, 0.4) is 0 Å². The summed E-state index contributed by atoms with van der Waals surface area (Å²) < 4.78 is 5.84. The van der Waals surface area contributed by atoms with Gasteiger partial charge in [0.15, 0.2) is 0 Å². The molecule has 0 aliphatic heterocycles. The second kappa shape index (κ2) is 4.53. The van der Waals surface area contributed by atoms with E-state index in [-0.39, 0.29) is 0 Å². The van der Waals surface area contributed by atoms with Gasteiger partial charge in [-0.15, -0.1) is 0 Å². The second-order valence-electron chi connectivity index (χ2n) is 4.99. The van der Waals surface area contributed by atoms with Gasteiger partial charge in [0.2, 0.25) is 0 Å². The Hall–Kier alpha value is -2.55. The molecule has 1 aromatic heterocycles. The Morgan fingerprint density at radius 1 is 1.05 bits per heavy atom. The minimum atomic E-state index is -0.917. The van der Waals surface area contributed by atoms with Crippen LogP contribution in [0.5, 0.6) is 0 Å². The lowest BCUT2D eigenvalue weighted by atomic mass is 10.0. The lowest BCUT2D eigenvalue weighted by Crippen LogP contribution is -1.96. The lowest BCUT2D eigenvalue weighted by molar-refractivity contribution is 0.0697. The number of fused-ring (bicyclic) bond motifs is 1. The fourth-order valence-corrected chi connectivity index (χ4v) is 2.37. The molecule has 3 heteroatoms. The molecule has 0 saturated heterocycles. The van der Waals surface area contributed by atoms with E-state index in [1.54, 1.807) is 18.2 Å². The molecule has 3 aromatic rings. The van der Waals surface area contributed by atoms with Gasteiger partial charge in [0.05, 0.1) is 5.56 Å². The summed E-state index contributed by atoms with van der Waals surface area (Å²) in [6, 6.07) is 13.1. The van der Waals surface area contributed by atoms with Crippen LogP contribution in [0.4, 0.5) is 0 Å². The van der Waals surface area contributed by atoms with Crippen molar-refractivity contribution in [3.63, 3.8) is 0 Å². The highest BCUT2D eigenvalue weighted by molar-refractivity contribution is 5.89. The number of furan rings is 1. The first-order chi connectivity index (χ1) is 9.54. The zero-order valence-electron chi connectivity index (χ0n) is 11.3. The Bertz CT molecular complexity index is 812. The maximum Gasteiger partial charge on any atom is 0.335 e. The Morgan fingerprint density at radius 3 is 2.55 bits per heavy atom. The first kappa shape index (κ1) is 12.5. The summed E-state index contributed by atoms with van der Waals surface area (Å²) in [4.78, 5) is 11.0. The molecule has 0 atom stereocenters. The minimum absolute atomic E-state index is 0.290. The van der Waals surface area contributed by atoms with Gasteiger partial charge in [-0.1, -0.05) is 17.7 Å². The number of carbonyl (C=O) groups is 1. The van der Waals surface area contributed by atoms with E-state index in [0.29, 0.717) is 5.56 Å². The first-order valence-corrected chi connectivity index (χ1v) is 6.39. The third kappa shape index (κ3) is 2.07. The minimum Gasteiger partial charge on any atom is -0.478 e. The summed E-state index contributed by atoms with van der Waals surface area (Å²) >= 11 is 0. The van der Waals surface area contributed by atoms with Crippen molar-refractivity contribution in [3.05, 3.63) is 59.2 Å². The quantitative estimate of drug-likeness (QED) is 0.747. The summed E-state index contributed by atoms with van der Waals surface area (Å²) in [6.07, 6.45) is 0. The zero-order chi connectivity index (χ0) is 14.3. The van der Waals surface area contributed by atoms with Gasteiger partial charge in [0, 0.05) is 10.9 Å². The van der Waals surface area contributed by atoms with Crippen molar-refractivity contribution < 1.29 is 14.3 Å².